The predicted octanol–water partition coefficient (Wildman–Crippen LogP) is 1.53. The van der Waals surface area contributed by atoms with Crippen LogP contribution in [0, 0.1) is 13.8 Å². The lowest BCUT2D eigenvalue weighted by Gasteiger charge is -2.10. The minimum absolute atomic E-state index is 0.163. The monoisotopic (exact) mass is 308 g/mol. The highest BCUT2D eigenvalue weighted by molar-refractivity contribution is 8.00. The number of carbonyl (C=O) groups is 1. The fraction of sp³-hybridized carbons (Fsp3) is 0.357. The molecule has 1 aromatic carbocycles. The van der Waals surface area contributed by atoms with Gasteiger partial charge in [0.25, 0.3) is 0 Å². The van der Waals surface area contributed by atoms with E-state index in [-0.39, 0.29) is 5.91 Å². The highest BCUT2D eigenvalue weighted by Gasteiger charge is 2.25. The number of benzene rings is 1. The quantitative estimate of drug-likeness (QED) is 0.663. The number of aromatic amines is 1. The molecule has 2 rings (SSSR count). The smallest absolute Gasteiger partial charge is 0.325 e. The molecule has 7 heteroatoms. The molecule has 0 aliphatic carbocycles. The van der Waals surface area contributed by atoms with E-state index >= 15 is 0 Å². The van der Waals surface area contributed by atoms with Crippen LogP contribution in [0.4, 0.5) is 5.69 Å². The van der Waals surface area contributed by atoms with Crippen molar-refractivity contribution in [1.82, 2.24) is 5.27 Å². The maximum atomic E-state index is 12.2. The zero-order valence-electron chi connectivity index (χ0n) is 12.4. The van der Waals surface area contributed by atoms with Gasteiger partial charge >= 0.3 is 10.7 Å². The summed E-state index contributed by atoms with van der Waals surface area (Å²) < 4.78 is 6.10. The molecule has 1 amide bonds. The summed E-state index contributed by atoms with van der Waals surface area (Å²) >= 11 is 1.15. The van der Waals surface area contributed by atoms with Crippen LogP contribution in [0.5, 0.6) is 0 Å². The fourth-order valence-corrected chi connectivity index (χ4v) is 2.58. The van der Waals surface area contributed by atoms with Crippen LogP contribution in [0.15, 0.2) is 32.5 Å². The maximum absolute atomic E-state index is 12.2. The van der Waals surface area contributed by atoms with E-state index in [2.05, 4.69) is 15.1 Å². The Labute approximate surface area is 126 Å². The Morgan fingerprint density at radius 2 is 2.10 bits per heavy atom. The molecular formula is C14H18N3O3S+. The summed E-state index contributed by atoms with van der Waals surface area (Å²) in [7, 11) is 1.65. The van der Waals surface area contributed by atoms with Crippen LogP contribution < -0.4 is 15.6 Å². The summed E-state index contributed by atoms with van der Waals surface area (Å²) in [5, 5.41) is 5.21. The van der Waals surface area contributed by atoms with Crippen molar-refractivity contribution in [1.29, 1.82) is 0 Å². The molecule has 1 atom stereocenters. The summed E-state index contributed by atoms with van der Waals surface area (Å²) in [4.78, 5) is 23.6. The second kappa shape index (κ2) is 6.17. The van der Waals surface area contributed by atoms with Gasteiger partial charge in [-0.2, -0.15) is 0 Å². The second-order valence-electron chi connectivity index (χ2n) is 4.89. The van der Waals surface area contributed by atoms with Crippen LogP contribution in [0.1, 0.15) is 18.1 Å². The topological polar surface area (TPSA) is 79.0 Å². The van der Waals surface area contributed by atoms with Crippen molar-refractivity contribution in [2.45, 2.75) is 31.0 Å². The number of anilines is 1. The highest BCUT2D eigenvalue weighted by atomic mass is 32.2. The first-order valence-electron chi connectivity index (χ1n) is 6.50. The normalized spacial score (nSPS) is 12.2. The van der Waals surface area contributed by atoms with Crippen LogP contribution in [0.3, 0.4) is 0 Å². The minimum atomic E-state index is -0.478. The predicted molar refractivity (Wildman–Crippen MR) is 80.4 cm³/mol. The van der Waals surface area contributed by atoms with Crippen molar-refractivity contribution in [3.63, 3.8) is 0 Å². The number of aryl methyl sites for hydroxylation is 3. The van der Waals surface area contributed by atoms with E-state index in [0.717, 1.165) is 23.0 Å². The van der Waals surface area contributed by atoms with Gasteiger partial charge in [0.15, 0.2) is 7.05 Å². The minimum Gasteiger partial charge on any atom is -0.325 e. The molecule has 6 nitrogen and oxygen atoms in total. The number of hydrogen-bond donors (Lipinski definition) is 2. The van der Waals surface area contributed by atoms with E-state index in [9.17, 15) is 9.59 Å². The number of nitrogens with one attached hydrogen (secondary N) is 2. The third-order valence-electron chi connectivity index (χ3n) is 3.19. The van der Waals surface area contributed by atoms with E-state index in [1.54, 1.807) is 14.0 Å². The third kappa shape index (κ3) is 3.55. The van der Waals surface area contributed by atoms with Crippen molar-refractivity contribution in [2.75, 3.05) is 5.32 Å². The summed E-state index contributed by atoms with van der Waals surface area (Å²) in [6.07, 6.45) is 0. The van der Waals surface area contributed by atoms with Gasteiger partial charge in [0.1, 0.15) is 0 Å². The molecule has 0 bridgehead atoms. The molecule has 112 valence electrons. The molecular weight excluding hydrogens is 290 g/mol. The van der Waals surface area contributed by atoms with E-state index < -0.39 is 10.9 Å². The van der Waals surface area contributed by atoms with E-state index in [1.165, 1.54) is 10.2 Å². The molecule has 0 aliphatic rings. The van der Waals surface area contributed by atoms with Crippen LogP contribution in [0.25, 0.3) is 0 Å². The summed E-state index contributed by atoms with van der Waals surface area (Å²) in [5.74, 6) is -0.163. The van der Waals surface area contributed by atoms with Crippen molar-refractivity contribution in [3.05, 3.63) is 39.7 Å². The first-order chi connectivity index (χ1) is 9.88. The largest absolute Gasteiger partial charge is 0.441 e. The van der Waals surface area contributed by atoms with Crippen molar-refractivity contribution in [3.8, 4) is 0 Å². The number of rotatable bonds is 4. The third-order valence-corrected chi connectivity index (χ3v) is 4.42. The van der Waals surface area contributed by atoms with Gasteiger partial charge in [0, 0.05) is 5.69 Å². The molecule has 0 saturated heterocycles. The average molecular weight is 308 g/mol. The van der Waals surface area contributed by atoms with Crippen molar-refractivity contribution < 1.29 is 14.0 Å². The molecule has 0 radical (unpaired) electrons. The summed E-state index contributed by atoms with van der Waals surface area (Å²) in [6, 6.07) is 5.75. The Morgan fingerprint density at radius 1 is 1.38 bits per heavy atom. The number of carbonyl (C=O) groups excluding carboxylic acids is 1. The lowest BCUT2D eigenvalue weighted by Crippen LogP contribution is -2.35. The van der Waals surface area contributed by atoms with Gasteiger partial charge in [-0.15, -0.1) is 0 Å². The number of thioether (sulfide) groups is 1. The van der Waals surface area contributed by atoms with Crippen LogP contribution in [-0.4, -0.2) is 16.4 Å². The van der Waals surface area contributed by atoms with Crippen molar-refractivity contribution >= 4 is 23.4 Å². The number of H-pyrrole nitrogens is 1. The molecule has 1 aromatic heterocycles. The lowest BCUT2D eigenvalue weighted by molar-refractivity contribution is -0.772. The molecule has 1 unspecified atom stereocenters. The van der Waals surface area contributed by atoms with Gasteiger partial charge in [0.05, 0.1) is 5.25 Å². The standard InChI is InChI=1S/C14H17N3O3S/c1-8-5-6-11(7-9(8)2)15-12(18)10(3)21-13-14(19)20-16-17(13)4/h5-7,10H,1-4H3,(H-,15,16,18,19)/p+1. The van der Waals surface area contributed by atoms with Gasteiger partial charge in [-0.3, -0.25) is 9.32 Å². The van der Waals surface area contributed by atoms with Crippen molar-refractivity contribution in [2.24, 2.45) is 7.05 Å². The van der Waals surface area contributed by atoms with Crippen LogP contribution >= 0.6 is 11.8 Å². The SMILES string of the molecule is Cc1ccc(NC(=O)C(C)Sc2c(=O)o[nH][n+]2C)cc1C. The number of nitrogens with zero attached hydrogens (tertiary/aromatic N) is 1. The lowest BCUT2D eigenvalue weighted by atomic mass is 10.1. The van der Waals surface area contributed by atoms with E-state index in [1.807, 2.05) is 32.0 Å². The Hall–Kier alpha value is -2.02. The van der Waals surface area contributed by atoms with E-state index in [4.69, 9.17) is 0 Å². The van der Waals surface area contributed by atoms with Crippen LogP contribution in [0.2, 0.25) is 0 Å². The van der Waals surface area contributed by atoms with Crippen LogP contribution in [-0.2, 0) is 11.8 Å². The Kier molecular flexibility index (Phi) is 4.52. The second-order valence-corrected chi connectivity index (χ2v) is 6.22. The molecule has 0 spiro atoms. The first kappa shape index (κ1) is 15.4. The zero-order chi connectivity index (χ0) is 15.6. The average Bonchev–Trinajstić information content (AvgIpc) is 2.74. The molecule has 21 heavy (non-hydrogen) atoms. The van der Waals surface area contributed by atoms with Gasteiger partial charge in [-0.25, -0.2) is 4.79 Å². The highest BCUT2D eigenvalue weighted by Crippen LogP contribution is 2.19. The van der Waals surface area contributed by atoms with E-state index in [0.29, 0.717) is 5.03 Å². The first-order valence-corrected chi connectivity index (χ1v) is 7.38. The number of amides is 1. The Morgan fingerprint density at radius 3 is 2.67 bits per heavy atom. The molecule has 2 aromatic rings. The summed E-state index contributed by atoms with van der Waals surface area (Å²) in [5.41, 5.74) is 2.56. The molecule has 0 fully saturated rings. The van der Waals surface area contributed by atoms with Gasteiger partial charge in [-0.1, -0.05) is 10.7 Å². The summed E-state index contributed by atoms with van der Waals surface area (Å²) in [6.45, 7) is 5.76. The number of aromatic nitrogens is 2. The maximum Gasteiger partial charge on any atom is 0.441 e. The Balaban J connectivity index is 2.06. The van der Waals surface area contributed by atoms with Gasteiger partial charge in [0.2, 0.25) is 5.91 Å². The number of hydrogen-bond acceptors (Lipinski definition) is 4. The molecule has 1 heterocycles. The fourth-order valence-electron chi connectivity index (χ4n) is 1.74. The van der Waals surface area contributed by atoms with Gasteiger partial charge < -0.3 is 5.32 Å². The Bertz CT molecular complexity index is 720. The zero-order valence-corrected chi connectivity index (χ0v) is 13.2. The molecule has 0 aliphatic heterocycles. The molecule has 0 saturated carbocycles. The molecule has 2 N–H and O–H groups in total. The van der Waals surface area contributed by atoms with Gasteiger partial charge in [-0.05, 0) is 61.1 Å².